The van der Waals surface area contributed by atoms with Crippen molar-refractivity contribution >= 4 is 0 Å². The molecule has 1 aromatic heterocycles. The monoisotopic (exact) mass is 257 g/mol. The van der Waals surface area contributed by atoms with Crippen LogP contribution in [0.25, 0.3) is 0 Å². The number of hydrogen-bond acceptors (Lipinski definition) is 3. The molecule has 0 bridgehead atoms. The van der Waals surface area contributed by atoms with E-state index in [2.05, 4.69) is 11.9 Å². The fraction of sp³-hybridized carbons (Fsp3) is 0.312. The fourth-order valence-corrected chi connectivity index (χ4v) is 1.87. The number of ether oxygens (including phenoxy) is 2. The minimum absolute atomic E-state index is 0.146. The van der Waals surface area contributed by atoms with Crippen LogP contribution in [0.3, 0.4) is 0 Å². The van der Waals surface area contributed by atoms with Gasteiger partial charge in [0.15, 0.2) is 0 Å². The number of hydrogen-bond donors (Lipinski definition) is 0. The van der Waals surface area contributed by atoms with Crippen molar-refractivity contribution in [2.24, 2.45) is 0 Å². The van der Waals surface area contributed by atoms with Crippen molar-refractivity contribution in [2.45, 2.75) is 12.8 Å². The molecule has 0 saturated heterocycles. The lowest BCUT2D eigenvalue weighted by atomic mass is 10.1. The zero-order chi connectivity index (χ0) is 13.5. The summed E-state index contributed by atoms with van der Waals surface area (Å²) in [7, 11) is 1.70. The van der Waals surface area contributed by atoms with Crippen molar-refractivity contribution < 1.29 is 9.47 Å². The summed E-state index contributed by atoms with van der Waals surface area (Å²) in [6, 6.07) is 13.9. The Morgan fingerprint density at radius 2 is 1.84 bits per heavy atom. The van der Waals surface area contributed by atoms with Crippen molar-refractivity contribution in [2.75, 3.05) is 20.3 Å². The number of methoxy groups -OCH3 is 1. The lowest BCUT2D eigenvalue weighted by molar-refractivity contribution is 0.149. The molecule has 0 aliphatic carbocycles. The molecule has 0 aliphatic heterocycles. The van der Waals surface area contributed by atoms with E-state index in [1.807, 2.05) is 42.5 Å². The maximum atomic E-state index is 5.81. The Bertz CT molecular complexity index is 482. The second-order valence-corrected chi connectivity index (χ2v) is 4.53. The summed E-state index contributed by atoms with van der Waals surface area (Å²) in [5.41, 5.74) is 2.22. The lowest BCUT2D eigenvalue weighted by Gasteiger charge is -2.16. The van der Waals surface area contributed by atoms with Crippen molar-refractivity contribution in [3.63, 3.8) is 0 Å². The van der Waals surface area contributed by atoms with Crippen LogP contribution in [-0.4, -0.2) is 25.3 Å². The van der Waals surface area contributed by atoms with E-state index in [9.17, 15) is 0 Å². The Hall–Kier alpha value is -1.87. The highest BCUT2D eigenvalue weighted by Crippen LogP contribution is 2.17. The molecule has 19 heavy (non-hydrogen) atoms. The second kappa shape index (κ2) is 6.90. The predicted octanol–water partition coefficient (Wildman–Crippen LogP) is 3.20. The topological polar surface area (TPSA) is 31.4 Å². The molecule has 3 heteroatoms. The van der Waals surface area contributed by atoms with Gasteiger partial charge in [-0.2, -0.15) is 0 Å². The molecule has 2 rings (SSSR count). The van der Waals surface area contributed by atoms with E-state index in [-0.39, 0.29) is 5.92 Å². The van der Waals surface area contributed by atoms with Gasteiger partial charge in [-0.15, -0.1) is 0 Å². The molecule has 1 aromatic carbocycles. The quantitative estimate of drug-likeness (QED) is 0.796. The van der Waals surface area contributed by atoms with Gasteiger partial charge in [-0.05, 0) is 31.2 Å². The Balaban J connectivity index is 1.99. The summed E-state index contributed by atoms with van der Waals surface area (Å²) >= 11 is 0. The Kier molecular flexibility index (Phi) is 4.93. The normalized spacial score (nSPS) is 12.1. The third-order valence-corrected chi connectivity index (χ3v) is 2.95. The molecule has 0 radical (unpaired) electrons. The first-order chi connectivity index (χ1) is 9.29. The largest absolute Gasteiger partial charge is 0.493 e. The number of aryl methyl sites for hydroxylation is 1. The molecule has 3 nitrogen and oxygen atoms in total. The average Bonchev–Trinajstić information content (AvgIpc) is 2.46. The molecule has 2 aromatic rings. The zero-order valence-electron chi connectivity index (χ0n) is 11.4. The molecular weight excluding hydrogens is 238 g/mol. The molecule has 1 atom stereocenters. The molecule has 0 aliphatic rings. The molecule has 0 saturated carbocycles. The minimum atomic E-state index is 0.146. The van der Waals surface area contributed by atoms with Gasteiger partial charge in [0.25, 0.3) is 0 Å². The second-order valence-electron chi connectivity index (χ2n) is 4.53. The average molecular weight is 257 g/mol. The zero-order valence-corrected chi connectivity index (χ0v) is 11.4. The van der Waals surface area contributed by atoms with E-state index >= 15 is 0 Å². The smallest absolute Gasteiger partial charge is 0.119 e. The van der Waals surface area contributed by atoms with Gasteiger partial charge in [-0.3, -0.25) is 4.98 Å². The summed E-state index contributed by atoms with van der Waals surface area (Å²) in [6.07, 6.45) is 1.80. The Morgan fingerprint density at radius 1 is 1.05 bits per heavy atom. The van der Waals surface area contributed by atoms with Crippen LogP contribution in [0.15, 0.2) is 48.7 Å². The van der Waals surface area contributed by atoms with Gasteiger partial charge in [0.1, 0.15) is 5.75 Å². The molecule has 1 heterocycles. The molecule has 0 N–H and O–H groups in total. The molecule has 0 amide bonds. The Labute approximate surface area is 114 Å². The summed E-state index contributed by atoms with van der Waals surface area (Å²) in [4.78, 5) is 4.36. The van der Waals surface area contributed by atoms with Gasteiger partial charge in [-0.25, -0.2) is 0 Å². The van der Waals surface area contributed by atoms with E-state index in [0.717, 1.165) is 11.4 Å². The van der Waals surface area contributed by atoms with Crippen LogP contribution in [0.4, 0.5) is 0 Å². The molecule has 100 valence electrons. The van der Waals surface area contributed by atoms with Crippen LogP contribution >= 0.6 is 0 Å². The third-order valence-electron chi connectivity index (χ3n) is 2.95. The summed E-state index contributed by atoms with van der Waals surface area (Å²) in [6.45, 7) is 3.22. The minimum Gasteiger partial charge on any atom is -0.493 e. The van der Waals surface area contributed by atoms with Crippen molar-refractivity contribution in [1.29, 1.82) is 0 Å². The van der Waals surface area contributed by atoms with Crippen LogP contribution in [0.1, 0.15) is 17.2 Å². The number of pyridine rings is 1. The highest BCUT2D eigenvalue weighted by atomic mass is 16.5. The number of benzene rings is 1. The van der Waals surface area contributed by atoms with Crippen LogP contribution in [-0.2, 0) is 4.74 Å². The van der Waals surface area contributed by atoms with Crippen LogP contribution in [0, 0.1) is 6.92 Å². The van der Waals surface area contributed by atoms with E-state index < -0.39 is 0 Å². The summed E-state index contributed by atoms with van der Waals surface area (Å²) in [5.74, 6) is 1.02. The SMILES string of the molecule is COCC(COc1ccc(C)cc1)c1ccccn1. The standard InChI is InChI=1S/C16H19NO2/c1-13-6-8-15(9-7-13)19-12-14(11-18-2)16-5-3-4-10-17-16/h3-10,14H,11-12H2,1-2H3. The maximum Gasteiger partial charge on any atom is 0.119 e. The van der Waals surface area contributed by atoms with Crippen molar-refractivity contribution in [1.82, 2.24) is 4.98 Å². The third kappa shape index (κ3) is 4.07. The molecule has 1 unspecified atom stereocenters. The number of aromatic nitrogens is 1. The first kappa shape index (κ1) is 13.6. The first-order valence-corrected chi connectivity index (χ1v) is 6.39. The number of rotatable bonds is 6. The van der Waals surface area contributed by atoms with E-state index in [0.29, 0.717) is 13.2 Å². The predicted molar refractivity (Wildman–Crippen MR) is 75.5 cm³/mol. The van der Waals surface area contributed by atoms with Crippen molar-refractivity contribution in [3.05, 3.63) is 59.9 Å². The fourth-order valence-electron chi connectivity index (χ4n) is 1.87. The van der Waals surface area contributed by atoms with Crippen LogP contribution in [0.5, 0.6) is 5.75 Å². The summed E-state index contributed by atoms with van der Waals surface area (Å²) < 4.78 is 11.1. The van der Waals surface area contributed by atoms with Crippen LogP contribution in [0.2, 0.25) is 0 Å². The molecule has 0 spiro atoms. The van der Waals surface area contributed by atoms with E-state index in [1.54, 1.807) is 13.3 Å². The highest BCUT2D eigenvalue weighted by Gasteiger charge is 2.13. The van der Waals surface area contributed by atoms with Crippen LogP contribution < -0.4 is 4.74 Å². The van der Waals surface area contributed by atoms with Crippen molar-refractivity contribution in [3.8, 4) is 5.75 Å². The lowest BCUT2D eigenvalue weighted by Crippen LogP contribution is -2.16. The maximum absolute atomic E-state index is 5.81. The van der Waals surface area contributed by atoms with Gasteiger partial charge >= 0.3 is 0 Å². The highest BCUT2D eigenvalue weighted by molar-refractivity contribution is 5.26. The van der Waals surface area contributed by atoms with Gasteiger partial charge in [0.05, 0.1) is 19.1 Å². The summed E-state index contributed by atoms with van der Waals surface area (Å²) in [5, 5.41) is 0. The Morgan fingerprint density at radius 3 is 2.47 bits per heavy atom. The van der Waals surface area contributed by atoms with Gasteiger partial charge < -0.3 is 9.47 Å². The van der Waals surface area contributed by atoms with Gasteiger partial charge in [-0.1, -0.05) is 23.8 Å². The number of nitrogens with zero attached hydrogens (tertiary/aromatic N) is 1. The van der Waals surface area contributed by atoms with Gasteiger partial charge in [0.2, 0.25) is 0 Å². The molecule has 0 fully saturated rings. The molecular formula is C16H19NO2. The van der Waals surface area contributed by atoms with Gasteiger partial charge in [0, 0.05) is 19.0 Å². The van der Waals surface area contributed by atoms with E-state index in [4.69, 9.17) is 9.47 Å². The van der Waals surface area contributed by atoms with E-state index in [1.165, 1.54) is 5.56 Å². The first-order valence-electron chi connectivity index (χ1n) is 6.39.